The van der Waals surface area contributed by atoms with Crippen molar-refractivity contribution in [3.8, 4) is 16.8 Å². The summed E-state index contributed by atoms with van der Waals surface area (Å²) in [5.41, 5.74) is 8.49. The molecule has 3 aromatic rings. The molecule has 5 heteroatoms. The molecule has 2 aromatic heterocycles. The molecule has 0 aliphatic rings. The molecular formula is C12H10N4O. The van der Waals surface area contributed by atoms with Crippen molar-refractivity contribution >= 4 is 5.88 Å². The van der Waals surface area contributed by atoms with Gasteiger partial charge in [-0.15, -0.1) is 0 Å². The van der Waals surface area contributed by atoms with Gasteiger partial charge >= 0.3 is 0 Å². The van der Waals surface area contributed by atoms with E-state index in [9.17, 15) is 0 Å². The maximum atomic E-state index is 5.66. The lowest BCUT2D eigenvalue weighted by Gasteiger charge is -2.03. The molecule has 0 amide bonds. The van der Waals surface area contributed by atoms with Gasteiger partial charge in [0.25, 0.3) is 0 Å². The Morgan fingerprint density at radius 2 is 2.00 bits per heavy atom. The summed E-state index contributed by atoms with van der Waals surface area (Å²) in [5.74, 6) is 0.334. The Hall–Kier alpha value is -2.56. The molecule has 0 radical (unpaired) electrons. The van der Waals surface area contributed by atoms with E-state index in [0.29, 0.717) is 5.88 Å². The van der Waals surface area contributed by atoms with E-state index in [1.54, 1.807) is 18.7 Å². The average Bonchev–Trinajstić information content (AvgIpc) is 3.00. The van der Waals surface area contributed by atoms with Crippen molar-refractivity contribution in [2.75, 3.05) is 5.73 Å². The first-order chi connectivity index (χ1) is 8.34. The minimum atomic E-state index is 0.334. The fourth-order valence-electron chi connectivity index (χ4n) is 1.69. The lowest BCUT2D eigenvalue weighted by Crippen LogP contribution is -1.90. The van der Waals surface area contributed by atoms with Crippen LogP contribution in [0.4, 0.5) is 5.88 Å². The zero-order chi connectivity index (χ0) is 11.7. The first-order valence-electron chi connectivity index (χ1n) is 5.13. The predicted octanol–water partition coefficient (Wildman–Crippen LogP) is 2.11. The van der Waals surface area contributed by atoms with Crippen LogP contribution in [0.15, 0.2) is 53.7 Å². The molecule has 0 atom stereocenters. The normalized spacial score (nSPS) is 10.6. The van der Waals surface area contributed by atoms with E-state index in [1.807, 2.05) is 35.0 Å². The highest BCUT2D eigenvalue weighted by molar-refractivity contribution is 5.72. The molecule has 2 N–H and O–H groups in total. The molecule has 0 spiro atoms. The van der Waals surface area contributed by atoms with Crippen molar-refractivity contribution in [3.05, 3.63) is 49.2 Å². The van der Waals surface area contributed by atoms with Crippen molar-refractivity contribution in [1.82, 2.24) is 14.7 Å². The van der Waals surface area contributed by atoms with Crippen molar-refractivity contribution in [3.63, 3.8) is 0 Å². The van der Waals surface area contributed by atoms with Crippen LogP contribution in [-0.4, -0.2) is 14.7 Å². The van der Waals surface area contributed by atoms with Gasteiger partial charge in [0.15, 0.2) is 0 Å². The van der Waals surface area contributed by atoms with E-state index >= 15 is 0 Å². The topological polar surface area (TPSA) is 69.9 Å². The number of anilines is 1. The number of imidazole rings is 1. The fourth-order valence-corrected chi connectivity index (χ4v) is 1.69. The van der Waals surface area contributed by atoms with Crippen molar-refractivity contribution < 1.29 is 4.52 Å². The van der Waals surface area contributed by atoms with Crippen molar-refractivity contribution in [2.24, 2.45) is 0 Å². The van der Waals surface area contributed by atoms with E-state index < -0.39 is 0 Å². The molecule has 0 bridgehead atoms. The van der Waals surface area contributed by atoms with Gasteiger partial charge in [-0.1, -0.05) is 17.3 Å². The largest absolute Gasteiger partial charge is 0.367 e. The Bertz CT molecular complexity index is 610. The van der Waals surface area contributed by atoms with Crippen LogP contribution in [-0.2, 0) is 0 Å². The number of nitrogen functional groups attached to an aromatic ring is 1. The highest BCUT2D eigenvalue weighted by Crippen LogP contribution is 2.25. The second kappa shape index (κ2) is 3.79. The number of benzene rings is 1. The summed E-state index contributed by atoms with van der Waals surface area (Å²) in [7, 11) is 0. The van der Waals surface area contributed by atoms with Gasteiger partial charge in [-0.3, -0.25) is 0 Å². The maximum Gasteiger partial charge on any atom is 0.229 e. The lowest BCUT2D eigenvalue weighted by molar-refractivity contribution is 0.436. The van der Waals surface area contributed by atoms with Crippen LogP contribution in [0.3, 0.4) is 0 Å². The molecular weight excluding hydrogens is 216 g/mol. The van der Waals surface area contributed by atoms with Crippen molar-refractivity contribution in [1.29, 1.82) is 0 Å². The third-order valence-corrected chi connectivity index (χ3v) is 2.58. The predicted molar refractivity (Wildman–Crippen MR) is 63.5 cm³/mol. The molecule has 0 fully saturated rings. The SMILES string of the molecule is Nc1oncc1-c1ccc(-n2ccnc2)cc1. The standard InChI is InChI=1S/C12H10N4O/c13-12-11(7-15-17-12)9-1-3-10(4-2-9)16-6-5-14-8-16/h1-8H,13H2. The summed E-state index contributed by atoms with van der Waals surface area (Å²) in [4.78, 5) is 4.00. The Labute approximate surface area is 97.5 Å². The maximum absolute atomic E-state index is 5.66. The number of hydrogen-bond acceptors (Lipinski definition) is 4. The minimum absolute atomic E-state index is 0.334. The number of hydrogen-bond donors (Lipinski definition) is 1. The fraction of sp³-hybridized carbons (Fsp3) is 0. The number of nitrogens with zero attached hydrogens (tertiary/aromatic N) is 3. The van der Waals surface area contributed by atoms with Crippen molar-refractivity contribution in [2.45, 2.75) is 0 Å². The van der Waals surface area contributed by atoms with E-state index in [-0.39, 0.29) is 0 Å². The molecule has 2 heterocycles. The number of aromatic nitrogens is 3. The van der Waals surface area contributed by atoms with Crippen LogP contribution in [0.1, 0.15) is 0 Å². The monoisotopic (exact) mass is 226 g/mol. The highest BCUT2D eigenvalue weighted by atomic mass is 16.5. The quantitative estimate of drug-likeness (QED) is 0.726. The van der Waals surface area contributed by atoms with Crippen LogP contribution in [0, 0.1) is 0 Å². The number of rotatable bonds is 2. The smallest absolute Gasteiger partial charge is 0.229 e. The molecule has 1 aromatic carbocycles. The van der Waals surface area contributed by atoms with E-state index in [4.69, 9.17) is 10.3 Å². The van der Waals surface area contributed by atoms with Crippen LogP contribution < -0.4 is 5.73 Å². The molecule has 0 unspecified atom stereocenters. The van der Waals surface area contributed by atoms with E-state index in [1.165, 1.54) is 0 Å². The van der Waals surface area contributed by atoms with Crippen LogP contribution >= 0.6 is 0 Å². The van der Waals surface area contributed by atoms with E-state index in [0.717, 1.165) is 16.8 Å². The van der Waals surface area contributed by atoms with Gasteiger partial charge in [0, 0.05) is 18.1 Å². The first-order valence-corrected chi connectivity index (χ1v) is 5.13. The molecule has 3 rings (SSSR count). The van der Waals surface area contributed by atoms with Gasteiger partial charge in [0.05, 0.1) is 18.1 Å². The molecule has 84 valence electrons. The summed E-state index contributed by atoms with van der Waals surface area (Å²) >= 11 is 0. The molecule has 0 aliphatic carbocycles. The molecule has 0 aliphatic heterocycles. The Morgan fingerprint density at radius 3 is 2.59 bits per heavy atom. The molecule has 0 saturated heterocycles. The molecule has 5 nitrogen and oxygen atoms in total. The summed E-state index contributed by atoms with van der Waals surface area (Å²) in [6.45, 7) is 0. The average molecular weight is 226 g/mol. The van der Waals surface area contributed by atoms with Crippen LogP contribution in [0.5, 0.6) is 0 Å². The summed E-state index contributed by atoms with van der Waals surface area (Å²) < 4.78 is 6.77. The lowest BCUT2D eigenvalue weighted by atomic mass is 10.1. The Balaban J connectivity index is 1.99. The van der Waals surface area contributed by atoms with Gasteiger partial charge in [0.2, 0.25) is 5.88 Å². The minimum Gasteiger partial charge on any atom is -0.367 e. The van der Waals surface area contributed by atoms with Gasteiger partial charge < -0.3 is 14.8 Å². The summed E-state index contributed by atoms with van der Waals surface area (Å²) in [6.07, 6.45) is 7.00. The Morgan fingerprint density at radius 1 is 1.18 bits per heavy atom. The molecule has 17 heavy (non-hydrogen) atoms. The third kappa shape index (κ3) is 1.67. The third-order valence-electron chi connectivity index (χ3n) is 2.58. The van der Waals surface area contributed by atoms with Gasteiger partial charge in [-0.25, -0.2) is 4.98 Å². The summed E-state index contributed by atoms with van der Waals surface area (Å²) in [6, 6.07) is 7.92. The van der Waals surface area contributed by atoms with Crippen LogP contribution in [0.25, 0.3) is 16.8 Å². The van der Waals surface area contributed by atoms with E-state index in [2.05, 4.69) is 10.1 Å². The van der Waals surface area contributed by atoms with Gasteiger partial charge in [-0.05, 0) is 17.7 Å². The number of nitrogens with two attached hydrogens (primary N) is 1. The van der Waals surface area contributed by atoms with Gasteiger partial charge in [-0.2, -0.15) is 0 Å². The zero-order valence-electron chi connectivity index (χ0n) is 8.95. The van der Waals surface area contributed by atoms with Crippen LogP contribution in [0.2, 0.25) is 0 Å². The molecule has 0 saturated carbocycles. The second-order valence-corrected chi connectivity index (χ2v) is 3.62. The highest BCUT2D eigenvalue weighted by Gasteiger charge is 2.06. The summed E-state index contributed by atoms with van der Waals surface area (Å²) in [5, 5.41) is 3.66. The second-order valence-electron chi connectivity index (χ2n) is 3.62. The Kier molecular flexibility index (Phi) is 2.15. The first kappa shape index (κ1) is 9.65. The zero-order valence-corrected chi connectivity index (χ0v) is 8.95. The van der Waals surface area contributed by atoms with Gasteiger partial charge in [0.1, 0.15) is 0 Å².